The third-order valence-electron chi connectivity index (χ3n) is 4.95. The molecule has 2 aromatic carbocycles. The number of rotatable bonds is 7. The number of hydrogen-bond acceptors (Lipinski definition) is 4. The van der Waals surface area contributed by atoms with E-state index in [1.165, 1.54) is 23.9 Å². The molecule has 7 heteroatoms. The summed E-state index contributed by atoms with van der Waals surface area (Å²) in [5, 5.41) is 11.4. The van der Waals surface area contributed by atoms with Gasteiger partial charge in [-0.1, -0.05) is 43.8 Å². The first-order valence-electron chi connectivity index (χ1n) is 10.1. The summed E-state index contributed by atoms with van der Waals surface area (Å²) in [6, 6.07) is 13.5. The van der Waals surface area contributed by atoms with Gasteiger partial charge in [-0.05, 0) is 35.7 Å². The SMILES string of the molecule is CC(C)c1nc(CCO)n(Cc2cnc3ccccc3c2)c1Sc1cc(F)cc(F)c1. The number of pyridine rings is 1. The second kappa shape index (κ2) is 9.16. The van der Waals surface area contributed by atoms with E-state index >= 15 is 0 Å². The Labute approximate surface area is 184 Å². The summed E-state index contributed by atoms with van der Waals surface area (Å²) in [4.78, 5) is 9.78. The minimum absolute atomic E-state index is 0.0385. The summed E-state index contributed by atoms with van der Waals surface area (Å²) in [7, 11) is 0. The molecule has 0 radical (unpaired) electrons. The van der Waals surface area contributed by atoms with Crippen LogP contribution in [0.2, 0.25) is 0 Å². The fourth-order valence-electron chi connectivity index (χ4n) is 3.52. The number of hydrogen-bond donors (Lipinski definition) is 1. The Bertz CT molecular complexity index is 1200. The Hall–Kier alpha value is -2.77. The van der Waals surface area contributed by atoms with Crippen molar-refractivity contribution in [3.8, 4) is 0 Å². The number of aromatic nitrogens is 3. The summed E-state index contributed by atoms with van der Waals surface area (Å²) >= 11 is 1.29. The van der Waals surface area contributed by atoms with Crippen molar-refractivity contribution in [2.45, 2.75) is 42.7 Å². The topological polar surface area (TPSA) is 50.9 Å². The number of aliphatic hydroxyl groups is 1. The molecule has 0 saturated heterocycles. The van der Waals surface area contributed by atoms with Crippen LogP contribution in [0.4, 0.5) is 8.78 Å². The molecule has 4 rings (SSSR count). The van der Waals surface area contributed by atoms with Crippen molar-refractivity contribution in [3.05, 3.63) is 83.4 Å². The van der Waals surface area contributed by atoms with Crippen molar-refractivity contribution in [1.29, 1.82) is 0 Å². The van der Waals surface area contributed by atoms with E-state index in [0.717, 1.165) is 39.1 Å². The van der Waals surface area contributed by atoms with Gasteiger partial charge in [-0.15, -0.1) is 0 Å². The van der Waals surface area contributed by atoms with Gasteiger partial charge in [-0.25, -0.2) is 13.8 Å². The summed E-state index contributed by atoms with van der Waals surface area (Å²) in [6.45, 7) is 4.52. The molecule has 0 spiro atoms. The van der Waals surface area contributed by atoms with Crippen LogP contribution in [0, 0.1) is 11.6 Å². The van der Waals surface area contributed by atoms with E-state index in [9.17, 15) is 13.9 Å². The van der Waals surface area contributed by atoms with Crippen molar-refractivity contribution in [2.75, 3.05) is 6.61 Å². The molecule has 0 fully saturated rings. The fourth-order valence-corrected chi connectivity index (χ4v) is 4.76. The molecule has 2 aromatic heterocycles. The molecule has 0 atom stereocenters. The standard InChI is InChI=1S/C24H23F2N3OS/c1-15(2)23-24(31-20-11-18(25)10-19(26)12-20)29(22(28-23)7-8-30)14-16-9-17-5-3-4-6-21(17)27-13-16/h3-6,9-13,15,30H,7-8,14H2,1-2H3. The number of imidazole rings is 1. The molecular formula is C24H23F2N3OS. The van der Waals surface area contributed by atoms with Gasteiger partial charge >= 0.3 is 0 Å². The van der Waals surface area contributed by atoms with E-state index in [-0.39, 0.29) is 12.5 Å². The van der Waals surface area contributed by atoms with Crippen molar-refractivity contribution in [3.63, 3.8) is 0 Å². The van der Waals surface area contributed by atoms with Gasteiger partial charge in [0.2, 0.25) is 0 Å². The van der Waals surface area contributed by atoms with Crippen LogP contribution in [0.1, 0.15) is 36.8 Å². The quantitative estimate of drug-likeness (QED) is 0.409. The lowest BCUT2D eigenvalue weighted by Gasteiger charge is -2.14. The molecule has 0 unspecified atom stereocenters. The molecule has 1 N–H and O–H groups in total. The van der Waals surface area contributed by atoms with Crippen LogP contribution in [-0.4, -0.2) is 26.2 Å². The van der Waals surface area contributed by atoms with Crippen molar-refractivity contribution < 1.29 is 13.9 Å². The van der Waals surface area contributed by atoms with Crippen LogP contribution in [0.5, 0.6) is 0 Å². The monoisotopic (exact) mass is 439 g/mol. The lowest BCUT2D eigenvalue weighted by atomic mass is 10.1. The molecule has 0 aliphatic carbocycles. The third-order valence-corrected chi connectivity index (χ3v) is 6.04. The van der Waals surface area contributed by atoms with E-state index < -0.39 is 11.6 Å². The first-order valence-corrected chi connectivity index (χ1v) is 10.9. The Balaban J connectivity index is 1.79. The van der Waals surface area contributed by atoms with Gasteiger partial charge < -0.3 is 9.67 Å². The number of halogens is 2. The molecule has 0 aliphatic rings. The molecular weight excluding hydrogens is 416 g/mol. The van der Waals surface area contributed by atoms with Gasteiger partial charge in [-0.3, -0.25) is 4.98 Å². The van der Waals surface area contributed by atoms with Crippen LogP contribution in [-0.2, 0) is 13.0 Å². The molecule has 0 amide bonds. The molecule has 0 saturated carbocycles. The van der Waals surface area contributed by atoms with Crippen LogP contribution in [0.3, 0.4) is 0 Å². The lowest BCUT2D eigenvalue weighted by Crippen LogP contribution is -2.08. The summed E-state index contributed by atoms with van der Waals surface area (Å²) in [5.41, 5.74) is 2.74. The maximum absolute atomic E-state index is 13.8. The second-order valence-corrected chi connectivity index (χ2v) is 8.74. The molecule has 4 nitrogen and oxygen atoms in total. The van der Waals surface area contributed by atoms with Crippen molar-refractivity contribution in [1.82, 2.24) is 14.5 Å². The third kappa shape index (κ3) is 4.78. The zero-order chi connectivity index (χ0) is 22.0. The first kappa shape index (κ1) is 21.5. The predicted molar refractivity (Wildman–Crippen MR) is 118 cm³/mol. The molecule has 160 valence electrons. The lowest BCUT2D eigenvalue weighted by molar-refractivity contribution is 0.294. The van der Waals surface area contributed by atoms with E-state index in [1.807, 2.05) is 48.9 Å². The Kier molecular flexibility index (Phi) is 6.34. The highest BCUT2D eigenvalue weighted by Crippen LogP contribution is 2.36. The number of para-hydroxylation sites is 1. The number of benzene rings is 2. The maximum atomic E-state index is 13.8. The average molecular weight is 440 g/mol. The van der Waals surface area contributed by atoms with Crippen LogP contribution in [0.25, 0.3) is 10.9 Å². The Morgan fingerprint density at radius 2 is 1.81 bits per heavy atom. The number of fused-ring (bicyclic) bond motifs is 1. The van der Waals surface area contributed by atoms with Gasteiger partial charge in [0.25, 0.3) is 0 Å². The van der Waals surface area contributed by atoms with E-state index in [1.54, 1.807) is 0 Å². The minimum atomic E-state index is -0.617. The minimum Gasteiger partial charge on any atom is -0.396 e. The molecule has 0 bridgehead atoms. The molecule has 4 aromatic rings. The summed E-state index contributed by atoms with van der Waals surface area (Å²) in [5.74, 6) is -0.393. The van der Waals surface area contributed by atoms with Gasteiger partial charge in [0.1, 0.15) is 22.5 Å². The average Bonchev–Trinajstić information content (AvgIpc) is 3.05. The normalized spacial score (nSPS) is 11.5. The number of nitrogens with zero attached hydrogens (tertiary/aromatic N) is 3. The van der Waals surface area contributed by atoms with Gasteiger partial charge in [0.05, 0.1) is 24.4 Å². The highest BCUT2D eigenvalue weighted by atomic mass is 32.2. The highest BCUT2D eigenvalue weighted by molar-refractivity contribution is 7.99. The zero-order valence-corrected chi connectivity index (χ0v) is 18.2. The molecule has 0 aliphatic heterocycles. The van der Waals surface area contributed by atoms with Crippen molar-refractivity contribution in [2.24, 2.45) is 0 Å². The summed E-state index contributed by atoms with van der Waals surface area (Å²) in [6.07, 6.45) is 2.22. The maximum Gasteiger partial charge on any atom is 0.127 e. The Morgan fingerprint density at radius 3 is 2.52 bits per heavy atom. The van der Waals surface area contributed by atoms with E-state index in [2.05, 4.69) is 11.1 Å². The van der Waals surface area contributed by atoms with Crippen LogP contribution >= 0.6 is 11.8 Å². The first-order chi connectivity index (χ1) is 14.9. The predicted octanol–water partition coefficient (Wildman–Crippen LogP) is 5.57. The zero-order valence-electron chi connectivity index (χ0n) is 17.3. The molecule has 31 heavy (non-hydrogen) atoms. The Morgan fingerprint density at radius 1 is 1.06 bits per heavy atom. The van der Waals surface area contributed by atoms with Crippen molar-refractivity contribution >= 4 is 22.7 Å². The highest BCUT2D eigenvalue weighted by Gasteiger charge is 2.21. The molecule has 2 heterocycles. The fraction of sp³-hybridized carbons (Fsp3) is 0.250. The second-order valence-electron chi connectivity index (χ2n) is 7.68. The number of aliphatic hydroxyl groups excluding tert-OH is 1. The van der Waals surface area contributed by atoms with Gasteiger partial charge in [-0.2, -0.15) is 0 Å². The van der Waals surface area contributed by atoms with Crippen LogP contribution in [0.15, 0.2) is 64.6 Å². The van der Waals surface area contributed by atoms with Gasteiger partial charge in [0.15, 0.2) is 0 Å². The smallest absolute Gasteiger partial charge is 0.127 e. The van der Waals surface area contributed by atoms with Gasteiger partial charge in [0, 0.05) is 29.0 Å². The van der Waals surface area contributed by atoms with E-state index in [0.29, 0.717) is 17.9 Å². The summed E-state index contributed by atoms with van der Waals surface area (Å²) < 4.78 is 29.6. The van der Waals surface area contributed by atoms with E-state index in [4.69, 9.17) is 4.98 Å². The largest absolute Gasteiger partial charge is 0.396 e. The van der Waals surface area contributed by atoms with Crippen LogP contribution < -0.4 is 0 Å².